The fourth-order valence-corrected chi connectivity index (χ4v) is 5.74. The van der Waals surface area contributed by atoms with E-state index < -0.39 is 10.0 Å². The molecule has 2 atom stereocenters. The summed E-state index contributed by atoms with van der Waals surface area (Å²) in [7, 11) is -3.59. The van der Waals surface area contributed by atoms with Gasteiger partial charge in [0, 0.05) is 19.6 Å². The van der Waals surface area contributed by atoms with Crippen molar-refractivity contribution in [3.63, 3.8) is 0 Å². The number of aryl methyl sites for hydroxylation is 1. The molecule has 2 aliphatic rings. The van der Waals surface area contributed by atoms with Crippen LogP contribution in [0, 0.1) is 12.8 Å². The lowest BCUT2D eigenvalue weighted by Gasteiger charge is -2.32. The van der Waals surface area contributed by atoms with Crippen molar-refractivity contribution in [2.45, 2.75) is 37.2 Å². The van der Waals surface area contributed by atoms with Crippen LogP contribution in [0.15, 0.2) is 53.4 Å². The Hall–Kier alpha value is -2.22. The normalized spacial score (nSPS) is 22.3. The van der Waals surface area contributed by atoms with E-state index in [1.165, 1.54) is 9.87 Å². The van der Waals surface area contributed by atoms with Gasteiger partial charge in [0.25, 0.3) is 0 Å². The monoisotopic (exact) mass is 428 g/mol. The van der Waals surface area contributed by atoms with Gasteiger partial charge in [0.2, 0.25) is 15.9 Å². The minimum atomic E-state index is -3.59. The molecule has 2 aromatic carbocycles. The number of piperidine rings is 1. The van der Waals surface area contributed by atoms with Gasteiger partial charge in [-0.15, -0.1) is 0 Å². The van der Waals surface area contributed by atoms with E-state index in [4.69, 9.17) is 4.74 Å². The molecule has 1 fully saturated rings. The molecule has 7 heteroatoms. The molecule has 2 aromatic rings. The zero-order chi connectivity index (χ0) is 21.1. The summed E-state index contributed by atoms with van der Waals surface area (Å²) >= 11 is 0. The minimum absolute atomic E-state index is 0.106. The van der Waals surface area contributed by atoms with Crippen LogP contribution < -0.4 is 5.32 Å². The van der Waals surface area contributed by atoms with Gasteiger partial charge in [-0.05, 0) is 49.4 Å². The molecule has 30 heavy (non-hydrogen) atoms. The van der Waals surface area contributed by atoms with Gasteiger partial charge in [0.15, 0.2) is 0 Å². The molecule has 1 saturated heterocycles. The van der Waals surface area contributed by atoms with Gasteiger partial charge in [0.1, 0.15) is 6.10 Å². The standard InChI is InChI=1S/C23H28N2O4S/c1-17-8-10-20(11-9-17)30(27,28)25-13-4-6-19(16-25)23(26)24-15-22-21-7-3-2-5-18(21)12-14-29-22/h2-3,5,7-11,19,22H,4,6,12-16H2,1H3,(H,24,26). The zero-order valence-electron chi connectivity index (χ0n) is 17.2. The zero-order valence-corrected chi connectivity index (χ0v) is 18.0. The van der Waals surface area contributed by atoms with Gasteiger partial charge in [0.05, 0.1) is 17.4 Å². The summed E-state index contributed by atoms with van der Waals surface area (Å²) in [5, 5.41) is 3.00. The van der Waals surface area contributed by atoms with Crippen LogP contribution in [0.25, 0.3) is 0 Å². The van der Waals surface area contributed by atoms with Crippen LogP contribution >= 0.6 is 0 Å². The number of carbonyl (C=O) groups is 1. The second kappa shape index (κ2) is 8.88. The number of nitrogens with zero attached hydrogens (tertiary/aromatic N) is 1. The molecule has 1 amide bonds. The molecule has 2 heterocycles. The highest BCUT2D eigenvalue weighted by Crippen LogP contribution is 2.27. The maximum absolute atomic E-state index is 13.0. The van der Waals surface area contributed by atoms with Gasteiger partial charge in [-0.1, -0.05) is 42.0 Å². The van der Waals surface area contributed by atoms with E-state index in [0.717, 1.165) is 17.5 Å². The molecule has 1 N–H and O–H groups in total. The first-order chi connectivity index (χ1) is 14.4. The molecule has 6 nitrogen and oxygen atoms in total. The topological polar surface area (TPSA) is 75.7 Å². The number of rotatable bonds is 5. The van der Waals surface area contributed by atoms with Gasteiger partial charge in [-0.25, -0.2) is 8.42 Å². The second-order valence-electron chi connectivity index (χ2n) is 8.07. The SMILES string of the molecule is Cc1ccc(S(=O)(=O)N2CCCC(C(=O)NCC3OCCc4ccccc43)C2)cc1. The van der Waals surface area contributed by atoms with Crippen LogP contribution in [0.3, 0.4) is 0 Å². The quantitative estimate of drug-likeness (QED) is 0.795. The number of benzene rings is 2. The summed E-state index contributed by atoms with van der Waals surface area (Å²) in [6.45, 7) is 3.62. The fraction of sp³-hybridized carbons (Fsp3) is 0.435. The molecule has 4 rings (SSSR count). The van der Waals surface area contributed by atoms with E-state index in [1.54, 1.807) is 24.3 Å². The lowest BCUT2D eigenvalue weighted by Crippen LogP contribution is -2.46. The minimum Gasteiger partial charge on any atom is -0.371 e. The first-order valence-electron chi connectivity index (χ1n) is 10.5. The van der Waals surface area contributed by atoms with Crippen molar-refractivity contribution < 1.29 is 17.9 Å². The van der Waals surface area contributed by atoms with Crippen LogP contribution in [0.4, 0.5) is 0 Å². The van der Waals surface area contributed by atoms with E-state index in [0.29, 0.717) is 32.5 Å². The van der Waals surface area contributed by atoms with Crippen molar-refractivity contribution in [2.24, 2.45) is 5.92 Å². The molecule has 0 spiro atoms. The Labute approximate surface area is 178 Å². The predicted molar refractivity (Wildman–Crippen MR) is 115 cm³/mol. The summed E-state index contributed by atoms with van der Waals surface area (Å²) in [4.78, 5) is 13.1. The Morgan fingerprint density at radius 2 is 1.93 bits per heavy atom. The number of sulfonamides is 1. The van der Waals surface area contributed by atoms with Gasteiger partial charge < -0.3 is 10.1 Å². The summed E-state index contributed by atoms with van der Waals surface area (Å²) < 4.78 is 33.3. The first-order valence-corrected chi connectivity index (χ1v) is 11.9. The fourth-order valence-electron chi connectivity index (χ4n) is 4.22. The smallest absolute Gasteiger partial charge is 0.243 e. The molecule has 0 saturated carbocycles. The highest BCUT2D eigenvalue weighted by atomic mass is 32.2. The Balaban J connectivity index is 1.39. The van der Waals surface area contributed by atoms with Crippen molar-refractivity contribution in [3.05, 3.63) is 65.2 Å². The van der Waals surface area contributed by atoms with Crippen molar-refractivity contribution in [3.8, 4) is 0 Å². The van der Waals surface area contributed by atoms with Gasteiger partial charge in [-0.3, -0.25) is 4.79 Å². The lowest BCUT2D eigenvalue weighted by atomic mass is 9.96. The van der Waals surface area contributed by atoms with E-state index >= 15 is 0 Å². The number of hydrogen-bond acceptors (Lipinski definition) is 4. The van der Waals surface area contributed by atoms with Gasteiger partial charge in [-0.2, -0.15) is 4.31 Å². The number of fused-ring (bicyclic) bond motifs is 1. The number of carbonyl (C=O) groups excluding carboxylic acids is 1. The average molecular weight is 429 g/mol. The van der Waals surface area contributed by atoms with Crippen molar-refractivity contribution in [1.82, 2.24) is 9.62 Å². The number of ether oxygens (including phenoxy) is 1. The molecule has 0 aliphatic carbocycles. The van der Waals surface area contributed by atoms with Crippen LogP contribution in [-0.4, -0.2) is 44.9 Å². The molecular weight excluding hydrogens is 400 g/mol. The molecule has 0 bridgehead atoms. The van der Waals surface area contributed by atoms with Crippen LogP contribution in [-0.2, 0) is 26.0 Å². The van der Waals surface area contributed by atoms with E-state index in [-0.39, 0.29) is 29.4 Å². The number of nitrogens with one attached hydrogen (secondary N) is 1. The molecular formula is C23H28N2O4S. The molecule has 2 unspecified atom stereocenters. The third-order valence-electron chi connectivity index (χ3n) is 5.97. The van der Waals surface area contributed by atoms with Crippen LogP contribution in [0.5, 0.6) is 0 Å². The molecule has 0 aromatic heterocycles. The largest absolute Gasteiger partial charge is 0.371 e. The highest BCUT2D eigenvalue weighted by Gasteiger charge is 2.33. The van der Waals surface area contributed by atoms with Crippen LogP contribution in [0.2, 0.25) is 0 Å². The second-order valence-corrected chi connectivity index (χ2v) is 10.0. The molecule has 160 valence electrons. The Morgan fingerprint density at radius 1 is 1.17 bits per heavy atom. The third-order valence-corrected chi connectivity index (χ3v) is 7.85. The summed E-state index contributed by atoms with van der Waals surface area (Å²) in [5.74, 6) is -0.455. The first kappa shape index (κ1) is 21.0. The van der Waals surface area contributed by atoms with Crippen LogP contribution in [0.1, 0.15) is 35.6 Å². The highest BCUT2D eigenvalue weighted by molar-refractivity contribution is 7.89. The van der Waals surface area contributed by atoms with Crippen molar-refractivity contribution >= 4 is 15.9 Å². The molecule has 0 radical (unpaired) electrons. The number of amides is 1. The van der Waals surface area contributed by atoms with Crippen molar-refractivity contribution in [1.29, 1.82) is 0 Å². The Kier molecular flexibility index (Phi) is 6.22. The maximum Gasteiger partial charge on any atom is 0.243 e. The summed E-state index contributed by atoms with van der Waals surface area (Å²) in [6, 6.07) is 15.0. The maximum atomic E-state index is 13.0. The van der Waals surface area contributed by atoms with E-state index in [1.807, 2.05) is 25.1 Å². The Bertz CT molecular complexity index is 1000. The van der Waals surface area contributed by atoms with Crippen molar-refractivity contribution in [2.75, 3.05) is 26.2 Å². The average Bonchev–Trinajstić information content (AvgIpc) is 2.78. The lowest BCUT2D eigenvalue weighted by molar-refractivity contribution is -0.126. The summed E-state index contributed by atoms with van der Waals surface area (Å²) in [6.07, 6.45) is 2.09. The van der Waals surface area contributed by atoms with E-state index in [2.05, 4.69) is 11.4 Å². The van der Waals surface area contributed by atoms with Gasteiger partial charge >= 0.3 is 0 Å². The Morgan fingerprint density at radius 3 is 2.73 bits per heavy atom. The summed E-state index contributed by atoms with van der Waals surface area (Å²) in [5.41, 5.74) is 3.39. The predicted octanol–water partition coefficient (Wildman–Crippen LogP) is 2.83. The molecule has 2 aliphatic heterocycles. The number of hydrogen-bond donors (Lipinski definition) is 1. The third kappa shape index (κ3) is 4.43. The van der Waals surface area contributed by atoms with E-state index in [9.17, 15) is 13.2 Å².